The van der Waals surface area contributed by atoms with Gasteiger partial charge < -0.3 is 10.2 Å². The predicted molar refractivity (Wildman–Crippen MR) is 102 cm³/mol. The molecule has 0 unspecified atom stereocenters. The van der Waals surface area contributed by atoms with Crippen molar-refractivity contribution in [3.8, 4) is 0 Å². The van der Waals surface area contributed by atoms with Crippen LogP contribution in [-0.4, -0.2) is 53.8 Å². The number of amides is 2. The Kier molecular flexibility index (Phi) is 6.09. The lowest BCUT2D eigenvalue weighted by molar-refractivity contribution is -0.139. The van der Waals surface area contributed by atoms with Crippen LogP contribution in [0, 0.1) is 5.92 Å². The van der Waals surface area contributed by atoms with Crippen LogP contribution in [0.5, 0.6) is 0 Å². The minimum Gasteiger partial charge on any atom is -0.351 e. The largest absolute Gasteiger partial charge is 0.351 e. The molecule has 2 bridgehead atoms. The van der Waals surface area contributed by atoms with E-state index in [0.29, 0.717) is 26.2 Å². The van der Waals surface area contributed by atoms with Crippen molar-refractivity contribution in [3.05, 3.63) is 47.5 Å². The fourth-order valence-corrected chi connectivity index (χ4v) is 3.84. The zero-order valence-corrected chi connectivity index (χ0v) is 15.8. The van der Waals surface area contributed by atoms with Crippen LogP contribution >= 0.6 is 0 Å². The van der Waals surface area contributed by atoms with E-state index in [1.807, 2.05) is 35.2 Å². The molecule has 3 aliphatic heterocycles. The second-order valence-electron chi connectivity index (χ2n) is 7.66. The average Bonchev–Trinajstić information content (AvgIpc) is 2.89. The van der Waals surface area contributed by atoms with Crippen molar-refractivity contribution in [2.45, 2.75) is 39.3 Å². The summed E-state index contributed by atoms with van der Waals surface area (Å²) in [5.41, 5.74) is 2.33. The maximum atomic E-state index is 12.7. The Morgan fingerprint density at radius 1 is 1.19 bits per heavy atom. The number of piperidine rings is 1. The van der Waals surface area contributed by atoms with Crippen LogP contribution in [0.2, 0.25) is 0 Å². The van der Waals surface area contributed by atoms with Crippen molar-refractivity contribution < 1.29 is 9.59 Å². The second-order valence-corrected chi connectivity index (χ2v) is 7.66. The van der Waals surface area contributed by atoms with E-state index < -0.39 is 0 Å². The molecule has 0 saturated carbocycles. The van der Waals surface area contributed by atoms with E-state index in [4.69, 9.17) is 0 Å². The van der Waals surface area contributed by atoms with Crippen LogP contribution in [0.4, 0.5) is 0 Å². The van der Waals surface area contributed by atoms with E-state index in [2.05, 4.69) is 30.1 Å². The highest BCUT2D eigenvalue weighted by molar-refractivity contribution is 5.81. The summed E-state index contributed by atoms with van der Waals surface area (Å²) in [6.45, 7) is 7.21. The molecule has 1 aromatic rings. The lowest BCUT2D eigenvalue weighted by Gasteiger charge is -2.35. The Morgan fingerprint density at radius 2 is 1.96 bits per heavy atom. The minimum absolute atomic E-state index is 0.0263. The van der Waals surface area contributed by atoms with Crippen molar-refractivity contribution in [2.24, 2.45) is 5.92 Å². The van der Waals surface area contributed by atoms with E-state index >= 15 is 0 Å². The fourth-order valence-electron chi connectivity index (χ4n) is 3.84. The molecule has 140 valence electrons. The number of rotatable bonds is 6. The van der Waals surface area contributed by atoms with Crippen LogP contribution in [0.1, 0.15) is 32.3 Å². The van der Waals surface area contributed by atoms with Crippen LogP contribution in [0.3, 0.4) is 0 Å². The number of carbonyl (C=O) groups is 2. The maximum Gasteiger partial charge on any atom is 0.234 e. The summed E-state index contributed by atoms with van der Waals surface area (Å²) in [6, 6.07) is 10.1. The van der Waals surface area contributed by atoms with Crippen molar-refractivity contribution in [1.29, 1.82) is 0 Å². The highest BCUT2D eigenvalue weighted by Crippen LogP contribution is 2.29. The summed E-state index contributed by atoms with van der Waals surface area (Å²) in [5, 5.41) is 2.99. The minimum atomic E-state index is 0.0263. The SMILES string of the molecule is CC(C)=CCN1C(=O)[C@H]2CC[C@@H]1CN(CC(=O)NCc1ccccc1)C2. The smallest absolute Gasteiger partial charge is 0.234 e. The number of fused-ring (bicyclic) bond motifs is 4. The van der Waals surface area contributed by atoms with Crippen molar-refractivity contribution >= 4 is 11.8 Å². The highest BCUT2D eigenvalue weighted by Gasteiger charge is 2.40. The van der Waals surface area contributed by atoms with Gasteiger partial charge in [-0.15, -0.1) is 0 Å². The van der Waals surface area contributed by atoms with Gasteiger partial charge in [-0.05, 0) is 32.3 Å². The molecule has 3 aliphatic rings. The molecule has 1 N–H and O–H groups in total. The van der Waals surface area contributed by atoms with Gasteiger partial charge in [-0.25, -0.2) is 0 Å². The first kappa shape index (κ1) is 18.6. The van der Waals surface area contributed by atoms with Crippen molar-refractivity contribution in [3.63, 3.8) is 0 Å². The van der Waals surface area contributed by atoms with Gasteiger partial charge in [0.2, 0.25) is 11.8 Å². The van der Waals surface area contributed by atoms with Gasteiger partial charge in [0.1, 0.15) is 0 Å². The second kappa shape index (κ2) is 8.49. The first-order valence-electron chi connectivity index (χ1n) is 9.49. The third kappa shape index (κ3) is 4.73. The molecule has 4 rings (SSSR count). The maximum absolute atomic E-state index is 12.7. The van der Waals surface area contributed by atoms with Crippen LogP contribution in [-0.2, 0) is 16.1 Å². The van der Waals surface area contributed by atoms with Gasteiger partial charge in [0, 0.05) is 32.2 Å². The first-order chi connectivity index (χ1) is 12.5. The normalized spacial score (nSPS) is 22.8. The van der Waals surface area contributed by atoms with Gasteiger partial charge in [-0.1, -0.05) is 42.0 Å². The molecule has 3 saturated heterocycles. The van der Waals surface area contributed by atoms with E-state index in [-0.39, 0.29) is 23.8 Å². The number of carbonyl (C=O) groups excluding carboxylic acids is 2. The standard InChI is InChI=1S/C21H29N3O2/c1-16(2)10-11-24-19-9-8-18(21(24)26)13-23(14-19)15-20(25)22-12-17-6-4-3-5-7-17/h3-7,10,18-19H,8-9,11-15H2,1-2H3,(H,22,25)/t18-,19+/m0/s1. The molecule has 2 atom stereocenters. The lowest BCUT2D eigenvalue weighted by Crippen LogP contribution is -2.48. The number of allylic oxidation sites excluding steroid dienone is 1. The number of hydrogen-bond acceptors (Lipinski definition) is 3. The molecule has 2 amide bonds. The molecule has 0 spiro atoms. The van der Waals surface area contributed by atoms with Crippen LogP contribution in [0.25, 0.3) is 0 Å². The molecule has 0 radical (unpaired) electrons. The number of benzene rings is 1. The summed E-state index contributed by atoms with van der Waals surface area (Å²) in [4.78, 5) is 29.3. The third-order valence-corrected chi connectivity index (χ3v) is 5.26. The monoisotopic (exact) mass is 355 g/mol. The number of nitrogens with zero attached hydrogens (tertiary/aromatic N) is 2. The van der Waals surface area contributed by atoms with Gasteiger partial charge in [-0.3, -0.25) is 14.5 Å². The Balaban J connectivity index is 1.56. The Hall–Kier alpha value is -2.14. The third-order valence-electron chi connectivity index (χ3n) is 5.26. The van der Waals surface area contributed by atoms with Gasteiger partial charge in [0.05, 0.1) is 12.5 Å². The summed E-state index contributed by atoms with van der Waals surface area (Å²) >= 11 is 0. The van der Waals surface area contributed by atoms with E-state index in [9.17, 15) is 9.59 Å². The van der Waals surface area contributed by atoms with E-state index in [0.717, 1.165) is 24.9 Å². The molecular weight excluding hydrogens is 326 g/mol. The Morgan fingerprint density at radius 3 is 2.69 bits per heavy atom. The zero-order valence-electron chi connectivity index (χ0n) is 15.8. The topological polar surface area (TPSA) is 52.7 Å². The Bertz CT molecular complexity index is 667. The predicted octanol–water partition coefficient (Wildman–Crippen LogP) is 2.19. The average molecular weight is 355 g/mol. The van der Waals surface area contributed by atoms with Crippen molar-refractivity contribution in [1.82, 2.24) is 15.1 Å². The summed E-state index contributed by atoms with van der Waals surface area (Å²) in [5.74, 6) is 0.311. The van der Waals surface area contributed by atoms with Crippen LogP contribution < -0.4 is 5.32 Å². The molecule has 26 heavy (non-hydrogen) atoms. The first-order valence-corrected chi connectivity index (χ1v) is 9.49. The zero-order chi connectivity index (χ0) is 18.5. The molecule has 0 aliphatic carbocycles. The molecule has 3 fully saturated rings. The molecule has 5 nitrogen and oxygen atoms in total. The molecule has 1 aromatic carbocycles. The number of hydrogen-bond donors (Lipinski definition) is 1. The lowest BCUT2D eigenvalue weighted by atomic mass is 9.94. The summed E-state index contributed by atoms with van der Waals surface area (Å²) in [6.07, 6.45) is 4.10. The van der Waals surface area contributed by atoms with Gasteiger partial charge in [0.25, 0.3) is 0 Å². The highest BCUT2D eigenvalue weighted by atomic mass is 16.2. The molecule has 3 heterocycles. The fraction of sp³-hybridized carbons (Fsp3) is 0.524. The summed E-state index contributed by atoms with van der Waals surface area (Å²) < 4.78 is 0. The molecule has 0 aromatic heterocycles. The van der Waals surface area contributed by atoms with Gasteiger partial charge in [0.15, 0.2) is 0 Å². The molecule has 5 heteroatoms. The van der Waals surface area contributed by atoms with Gasteiger partial charge in [-0.2, -0.15) is 0 Å². The summed E-state index contributed by atoms with van der Waals surface area (Å²) in [7, 11) is 0. The van der Waals surface area contributed by atoms with Gasteiger partial charge >= 0.3 is 0 Å². The van der Waals surface area contributed by atoms with E-state index in [1.165, 1.54) is 5.57 Å². The van der Waals surface area contributed by atoms with Crippen molar-refractivity contribution in [2.75, 3.05) is 26.2 Å². The quantitative estimate of drug-likeness (QED) is 0.796. The Labute approximate surface area is 156 Å². The molecular formula is C21H29N3O2. The number of nitrogens with one attached hydrogen (secondary N) is 1. The van der Waals surface area contributed by atoms with E-state index in [1.54, 1.807) is 0 Å². The van der Waals surface area contributed by atoms with Crippen LogP contribution in [0.15, 0.2) is 42.0 Å².